The lowest BCUT2D eigenvalue weighted by atomic mass is 10.2. The number of rotatable bonds is 5. The predicted molar refractivity (Wildman–Crippen MR) is 115 cm³/mol. The van der Waals surface area contributed by atoms with Crippen molar-refractivity contribution in [3.63, 3.8) is 0 Å². The van der Waals surface area contributed by atoms with Crippen LogP contribution in [0.3, 0.4) is 0 Å². The monoisotopic (exact) mass is 428 g/mol. The van der Waals surface area contributed by atoms with Crippen LogP contribution in [0.15, 0.2) is 48.0 Å². The Balaban J connectivity index is 1.34. The average Bonchev–Trinajstić information content (AvgIpc) is 3.22. The molecular weight excluding hydrogens is 408 g/mol. The number of piperazine rings is 1. The number of methoxy groups -OCH3 is 1. The number of amides is 1. The SMILES string of the molecule is COc1ncccc1C(=O)N1CCN(Cc2nc(-c3ccc(Cl)cc3)cs2)CC1. The zero-order valence-corrected chi connectivity index (χ0v) is 17.6. The molecule has 3 aromatic rings. The second-order valence-corrected chi connectivity index (χ2v) is 8.14. The highest BCUT2D eigenvalue weighted by atomic mass is 35.5. The van der Waals surface area contributed by atoms with Gasteiger partial charge in [0.2, 0.25) is 5.88 Å². The number of hydrogen-bond acceptors (Lipinski definition) is 6. The van der Waals surface area contributed by atoms with Gasteiger partial charge in [-0.1, -0.05) is 23.7 Å². The molecule has 0 bridgehead atoms. The molecule has 0 aliphatic carbocycles. The number of aromatic nitrogens is 2. The van der Waals surface area contributed by atoms with E-state index in [1.54, 1.807) is 29.7 Å². The molecule has 2 aromatic heterocycles. The van der Waals surface area contributed by atoms with E-state index in [0.717, 1.165) is 40.9 Å². The fourth-order valence-corrected chi connectivity index (χ4v) is 4.29. The number of thiazole rings is 1. The normalized spacial score (nSPS) is 14.8. The third-order valence-electron chi connectivity index (χ3n) is 4.91. The van der Waals surface area contributed by atoms with E-state index in [4.69, 9.17) is 21.3 Å². The molecule has 0 radical (unpaired) electrons. The minimum atomic E-state index is -0.0335. The van der Waals surface area contributed by atoms with Crippen LogP contribution in [0.4, 0.5) is 0 Å². The van der Waals surface area contributed by atoms with E-state index in [-0.39, 0.29) is 5.91 Å². The van der Waals surface area contributed by atoms with Crippen molar-refractivity contribution >= 4 is 28.8 Å². The van der Waals surface area contributed by atoms with Gasteiger partial charge >= 0.3 is 0 Å². The summed E-state index contributed by atoms with van der Waals surface area (Å²) in [5, 5.41) is 3.87. The van der Waals surface area contributed by atoms with Gasteiger partial charge in [0.25, 0.3) is 5.91 Å². The van der Waals surface area contributed by atoms with Gasteiger partial charge in [0, 0.05) is 48.3 Å². The fraction of sp³-hybridized carbons (Fsp3) is 0.286. The molecule has 4 rings (SSSR count). The van der Waals surface area contributed by atoms with Crippen LogP contribution in [0.2, 0.25) is 5.02 Å². The first kappa shape index (κ1) is 19.8. The van der Waals surface area contributed by atoms with E-state index in [1.165, 1.54) is 7.11 Å². The van der Waals surface area contributed by atoms with Crippen LogP contribution in [-0.2, 0) is 6.54 Å². The molecule has 8 heteroatoms. The summed E-state index contributed by atoms with van der Waals surface area (Å²) in [6.45, 7) is 3.75. The van der Waals surface area contributed by atoms with Crippen molar-refractivity contribution < 1.29 is 9.53 Å². The summed E-state index contributed by atoms with van der Waals surface area (Å²) < 4.78 is 5.22. The molecule has 1 saturated heterocycles. The second-order valence-electron chi connectivity index (χ2n) is 6.76. The van der Waals surface area contributed by atoms with E-state index in [1.807, 2.05) is 29.2 Å². The maximum absolute atomic E-state index is 12.8. The zero-order valence-electron chi connectivity index (χ0n) is 16.0. The Morgan fingerprint density at radius 3 is 2.66 bits per heavy atom. The number of ether oxygens (including phenoxy) is 1. The summed E-state index contributed by atoms with van der Waals surface area (Å²) >= 11 is 7.62. The van der Waals surface area contributed by atoms with Crippen molar-refractivity contribution in [1.82, 2.24) is 19.8 Å². The van der Waals surface area contributed by atoms with Crippen LogP contribution < -0.4 is 4.74 Å². The van der Waals surface area contributed by atoms with Crippen molar-refractivity contribution in [2.75, 3.05) is 33.3 Å². The molecule has 1 aliphatic heterocycles. The maximum Gasteiger partial charge on any atom is 0.259 e. The van der Waals surface area contributed by atoms with E-state index in [9.17, 15) is 4.79 Å². The fourth-order valence-electron chi connectivity index (χ4n) is 3.32. The van der Waals surface area contributed by atoms with Crippen LogP contribution in [0, 0.1) is 0 Å². The van der Waals surface area contributed by atoms with E-state index >= 15 is 0 Å². The van der Waals surface area contributed by atoms with Crippen LogP contribution in [0.25, 0.3) is 11.3 Å². The number of pyridine rings is 1. The molecule has 0 saturated carbocycles. The first-order valence-electron chi connectivity index (χ1n) is 9.35. The van der Waals surface area contributed by atoms with Crippen LogP contribution in [0.1, 0.15) is 15.4 Å². The largest absolute Gasteiger partial charge is 0.480 e. The Kier molecular flexibility index (Phi) is 6.08. The highest BCUT2D eigenvalue weighted by molar-refractivity contribution is 7.09. The van der Waals surface area contributed by atoms with E-state index in [2.05, 4.69) is 15.3 Å². The van der Waals surface area contributed by atoms with Gasteiger partial charge in [-0.05, 0) is 24.3 Å². The molecule has 1 aliphatic rings. The first-order valence-corrected chi connectivity index (χ1v) is 10.6. The molecule has 0 N–H and O–H groups in total. The van der Waals surface area contributed by atoms with Gasteiger partial charge in [-0.25, -0.2) is 9.97 Å². The average molecular weight is 429 g/mol. The Bertz CT molecular complexity index is 984. The minimum absolute atomic E-state index is 0.0335. The first-order chi connectivity index (χ1) is 14.1. The Hall–Kier alpha value is -2.48. The second kappa shape index (κ2) is 8.90. The number of carbonyl (C=O) groups excluding carboxylic acids is 1. The third kappa shape index (κ3) is 4.58. The standard InChI is InChI=1S/C21H21ClN4O2S/c1-28-20-17(3-2-8-23-20)21(27)26-11-9-25(10-12-26)13-19-24-18(14-29-19)15-4-6-16(22)7-5-15/h2-8,14H,9-13H2,1H3. The van der Waals surface area contributed by atoms with Crippen LogP contribution in [0.5, 0.6) is 5.88 Å². The topological polar surface area (TPSA) is 58.6 Å². The molecule has 0 unspecified atom stereocenters. The van der Waals surface area contributed by atoms with Crippen molar-refractivity contribution in [3.8, 4) is 17.1 Å². The van der Waals surface area contributed by atoms with Gasteiger partial charge in [-0.2, -0.15) is 0 Å². The maximum atomic E-state index is 12.8. The zero-order chi connectivity index (χ0) is 20.2. The van der Waals surface area contributed by atoms with Crippen LogP contribution >= 0.6 is 22.9 Å². The lowest BCUT2D eigenvalue weighted by Gasteiger charge is -2.34. The van der Waals surface area contributed by atoms with E-state index in [0.29, 0.717) is 24.5 Å². The van der Waals surface area contributed by atoms with Crippen LogP contribution in [-0.4, -0.2) is 59.0 Å². The Labute approximate surface area is 178 Å². The smallest absolute Gasteiger partial charge is 0.259 e. The highest BCUT2D eigenvalue weighted by Crippen LogP contribution is 2.25. The van der Waals surface area contributed by atoms with Crippen molar-refractivity contribution in [3.05, 3.63) is 63.6 Å². The van der Waals surface area contributed by atoms with Gasteiger partial charge < -0.3 is 9.64 Å². The predicted octanol–water partition coefficient (Wildman–Crippen LogP) is 3.83. The summed E-state index contributed by atoms with van der Waals surface area (Å²) in [6, 6.07) is 11.2. The molecule has 0 atom stereocenters. The van der Waals surface area contributed by atoms with Crippen molar-refractivity contribution in [2.45, 2.75) is 6.54 Å². The molecule has 1 amide bonds. The Morgan fingerprint density at radius 1 is 1.17 bits per heavy atom. The molecular formula is C21H21ClN4O2S. The van der Waals surface area contributed by atoms with Gasteiger partial charge in [-0.15, -0.1) is 11.3 Å². The molecule has 1 fully saturated rings. The summed E-state index contributed by atoms with van der Waals surface area (Å²) in [7, 11) is 1.53. The van der Waals surface area contributed by atoms with E-state index < -0.39 is 0 Å². The third-order valence-corrected chi connectivity index (χ3v) is 5.99. The molecule has 3 heterocycles. The summed E-state index contributed by atoms with van der Waals surface area (Å²) in [6.07, 6.45) is 1.62. The quantitative estimate of drug-likeness (QED) is 0.618. The molecule has 1 aromatic carbocycles. The lowest BCUT2D eigenvalue weighted by Crippen LogP contribution is -2.48. The summed E-state index contributed by atoms with van der Waals surface area (Å²) in [5.41, 5.74) is 2.55. The minimum Gasteiger partial charge on any atom is -0.480 e. The molecule has 29 heavy (non-hydrogen) atoms. The molecule has 150 valence electrons. The summed E-state index contributed by atoms with van der Waals surface area (Å²) in [5.74, 6) is 0.339. The summed E-state index contributed by atoms with van der Waals surface area (Å²) in [4.78, 5) is 25.9. The molecule has 6 nitrogen and oxygen atoms in total. The van der Waals surface area contributed by atoms with Gasteiger partial charge in [0.05, 0.1) is 19.3 Å². The van der Waals surface area contributed by atoms with Gasteiger partial charge in [0.1, 0.15) is 10.6 Å². The van der Waals surface area contributed by atoms with Crippen molar-refractivity contribution in [1.29, 1.82) is 0 Å². The van der Waals surface area contributed by atoms with Gasteiger partial charge in [-0.3, -0.25) is 9.69 Å². The number of benzene rings is 1. The lowest BCUT2D eigenvalue weighted by molar-refractivity contribution is 0.0624. The highest BCUT2D eigenvalue weighted by Gasteiger charge is 2.25. The number of hydrogen-bond donors (Lipinski definition) is 0. The van der Waals surface area contributed by atoms with Crippen molar-refractivity contribution in [2.24, 2.45) is 0 Å². The number of halogens is 1. The Morgan fingerprint density at radius 2 is 1.93 bits per heavy atom. The number of nitrogens with zero attached hydrogens (tertiary/aromatic N) is 4. The van der Waals surface area contributed by atoms with Gasteiger partial charge in [0.15, 0.2) is 0 Å². The number of carbonyl (C=O) groups is 1. The molecule has 0 spiro atoms.